The van der Waals surface area contributed by atoms with Crippen LogP contribution in [0.4, 0.5) is 11.8 Å². The highest BCUT2D eigenvalue weighted by atomic mass is 15.1. The molecular weight excluding hydrogens is 224 g/mol. The van der Waals surface area contributed by atoms with Gasteiger partial charge < -0.3 is 10.6 Å². The number of nitrogens with zero attached hydrogens (tertiary/aromatic N) is 2. The molecule has 1 aromatic rings. The van der Waals surface area contributed by atoms with E-state index in [0.717, 1.165) is 37.2 Å². The van der Waals surface area contributed by atoms with Crippen LogP contribution < -0.4 is 10.6 Å². The van der Waals surface area contributed by atoms with Crippen LogP contribution in [-0.4, -0.2) is 23.1 Å². The summed E-state index contributed by atoms with van der Waals surface area (Å²) < 4.78 is 0. The molecule has 1 aliphatic carbocycles. The van der Waals surface area contributed by atoms with Crippen molar-refractivity contribution in [1.82, 2.24) is 9.97 Å². The van der Waals surface area contributed by atoms with E-state index in [1.54, 1.807) is 0 Å². The maximum absolute atomic E-state index is 4.44. The number of hydrogen-bond donors (Lipinski definition) is 2. The monoisotopic (exact) mass is 248 g/mol. The Labute approximate surface area is 110 Å². The van der Waals surface area contributed by atoms with Crippen molar-refractivity contribution in [3.8, 4) is 0 Å². The molecule has 18 heavy (non-hydrogen) atoms. The van der Waals surface area contributed by atoms with Gasteiger partial charge in [-0.1, -0.05) is 32.6 Å². The van der Waals surface area contributed by atoms with Crippen LogP contribution in [0.5, 0.6) is 0 Å². The number of rotatable bonds is 7. The summed E-state index contributed by atoms with van der Waals surface area (Å²) in [6.45, 7) is 4.08. The van der Waals surface area contributed by atoms with Crippen molar-refractivity contribution >= 4 is 11.8 Å². The van der Waals surface area contributed by atoms with E-state index in [0.29, 0.717) is 0 Å². The Morgan fingerprint density at radius 2 is 2.06 bits per heavy atom. The molecule has 0 atom stereocenters. The highest BCUT2D eigenvalue weighted by Gasteiger charge is 2.14. The van der Waals surface area contributed by atoms with E-state index in [1.165, 1.54) is 32.1 Å². The van der Waals surface area contributed by atoms with Gasteiger partial charge in [0.15, 0.2) is 0 Å². The first kappa shape index (κ1) is 13.1. The standard InChI is InChI=1S/C14H24N4/c1-2-9-16-14-17-11-8-13(18-14)15-10-7-12-5-3-4-6-12/h8,11-12H,2-7,9-10H2,1H3,(H2,15,16,17,18). The third kappa shape index (κ3) is 4.17. The lowest BCUT2D eigenvalue weighted by Crippen LogP contribution is -2.10. The summed E-state index contributed by atoms with van der Waals surface area (Å²) in [6, 6.07) is 1.94. The molecule has 0 saturated heterocycles. The zero-order valence-corrected chi connectivity index (χ0v) is 11.3. The van der Waals surface area contributed by atoms with E-state index in [2.05, 4.69) is 27.5 Å². The van der Waals surface area contributed by atoms with Crippen LogP contribution in [0.25, 0.3) is 0 Å². The van der Waals surface area contributed by atoms with Gasteiger partial charge in [-0.2, -0.15) is 4.98 Å². The Balaban J connectivity index is 1.74. The van der Waals surface area contributed by atoms with E-state index in [-0.39, 0.29) is 0 Å². The molecule has 0 aliphatic heterocycles. The van der Waals surface area contributed by atoms with Gasteiger partial charge >= 0.3 is 0 Å². The van der Waals surface area contributed by atoms with Gasteiger partial charge in [0.1, 0.15) is 5.82 Å². The summed E-state index contributed by atoms with van der Waals surface area (Å²) >= 11 is 0. The van der Waals surface area contributed by atoms with Gasteiger partial charge in [-0.15, -0.1) is 0 Å². The topological polar surface area (TPSA) is 49.8 Å². The Hall–Kier alpha value is -1.32. The number of aromatic nitrogens is 2. The molecule has 4 nitrogen and oxygen atoms in total. The minimum Gasteiger partial charge on any atom is -0.370 e. The smallest absolute Gasteiger partial charge is 0.224 e. The first-order valence-electron chi connectivity index (χ1n) is 7.19. The Bertz CT molecular complexity index is 347. The molecule has 0 aromatic carbocycles. The van der Waals surface area contributed by atoms with Gasteiger partial charge in [0.2, 0.25) is 5.95 Å². The quantitative estimate of drug-likeness (QED) is 0.777. The summed E-state index contributed by atoms with van der Waals surface area (Å²) in [5.41, 5.74) is 0. The third-order valence-electron chi connectivity index (χ3n) is 3.52. The molecule has 0 radical (unpaired) electrons. The summed E-state index contributed by atoms with van der Waals surface area (Å²) in [5.74, 6) is 2.58. The minimum atomic E-state index is 0.725. The predicted molar refractivity (Wildman–Crippen MR) is 75.9 cm³/mol. The Kier molecular flexibility index (Phi) is 5.24. The van der Waals surface area contributed by atoms with Crippen LogP contribution in [0.3, 0.4) is 0 Å². The molecule has 1 fully saturated rings. The van der Waals surface area contributed by atoms with E-state index in [9.17, 15) is 0 Å². The first-order valence-corrected chi connectivity index (χ1v) is 7.19. The van der Waals surface area contributed by atoms with E-state index in [1.807, 2.05) is 12.3 Å². The van der Waals surface area contributed by atoms with Crippen molar-refractivity contribution < 1.29 is 0 Å². The molecule has 4 heteroatoms. The van der Waals surface area contributed by atoms with Crippen LogP contribution in [0, 0.1) is 5.92 Å². The number of hydrogen-bond acceptors (Lipinski definition) is 4. The predicted octanol–water partition coefficient (Wildman–Crippen LogP) is 3.29. The normalized spacial score (nSPS) is 15.8. The van der Waals surface area contributed by atoms with Crippen LogP contribution >= 0.6 is 0 Å². The van der Waals surface area contributed by atoms with Gasteiger partial charge in [0.05, 0.1) is 0 Å². The van der Waals surface area contributed by atoms with Crippen molar-refractivity contribution in [3.05, 3.63) is 12.3 Å². The molecule has 0 unspecified atom stereocenters. The molecule has 2 N–H and O–H groups in total. The van der Waals surface area contributed by atoms with Crippen molar-refractivity contribution in [2.24, 2.45) is 5.92 Å². The van der Waals surface area contributed by atoms with Gasteiger partial charge in [-0.25, -0.2) is 4.98 Å². The van der Waals surface area contributed by atoms with E-state index in [4.69, 9.17) is 0 Å². The fraction of sp³-hybridized carbons (Fsp3) is 0.714. The highest BCUT2D eigenvalue weighted by Crippen LogP contribution is 2.27. The van der Waals surface area contributed by atoms with Gasteiger partial charge in [-0.05, 0) is 24.8 Å². The lowest BCUT2D eigenvalue weighted by molar-refractivity contribution is 0.518. The molecule has 1 heterocycles. The minimum absolute atomic E-state index is 0.725. The zero-order valence-electron chi connectivity index (χ0n) is 11.3. The van der Waals surface area contributed by atoms with E-state index >= 15 is 0 Å². The molecule has 0 spiro atoms. The van der Waals surface area contributed by atoms with Crippen molar-refractivity contribution in [2.45, 2.75) is 45.4 Å². The summed E-state index contributed by atoms with van der Waals surface area (Å²) in [6.07, 6.45) is 9.82. The Morgan fingerprint density at radius 3 is 2.83 bits per heavy atom. The second-order valence-electron chi connectivity index (χ2n) is 5.06. The average molecular weight is 248 g/mol. The van der Waals surface area contributed by atoms with Crippen molar-refractivity contribution in [3.63, 3.8) is 0 Å². The maximum atomic E-state index is 4.44. The fourth-order valence-electron chi connectivity index (χ4n) is 2.48. The van der Waals surface area contributed by atoms with Gasteiger partial charge in [0, 0.05) is 19.3 Å². The molecule has 100 valence electrons. The highest BCUT2D eigenvalue weighted by molar-refractivity contribution is 5.39. The molecule has 1 aromatic heterocycles. The zero-order chi connectivity index (χ0) is 12.6. The lowest BCUT2D eigenvalue weighted by atomic mass is 10.0. The Morgan fingerprint density at radius 1 is 1.22 bits per heavy atom. The SMILES string of the molecule is CCCNc1nccc(NCCC2CCCC2)n1. The largest absolute Gasteiger partial charge is 0.370 e. The second-order valence-corrected chi connectivity index (χ2v) is 5.06. The van der Waals surface area contributed by atoms with Gasteiger partial charge in [0.25, 0.3) is 0 Å². The van der Waals surface area contributed by atoms with Crippen molar-refractivity contribution in [1.29, 1.82) is 0 Å². The summed E-state index contributed by atoms with van der Waals surface area (Å²) in [4.78, 5) is 8.64. The van der Waals surface area contributed by atoms with Crippen LogP contribution in [-0.2, 0) is 0 Å². The van der Waals surface area contributed by atoms with Gasteiger partial charge in [-0.3, -0.25) is 0 Å². The van der Waals surface area contributed by atoms with Crippen molar-refractivity contribution in [2.75, 3.05) is 23.7 Å². The molecule has 1 saturated carbocycles. The van der Waals surface area contributed by atoms with Crippen LogP contribution in [0.1, 0.15) is 45.4 Å². The lowest BCUT2D eigenvalue weighted by Gasteiger charge is -2.11. The number of anilines is 2. The molecule has 0 bridgehead atoms. The molecule has 0 amide bonds. The van der Waals surface area contributed by atoms with Crippen LogP contribution in [0.2, 0.25) is 0 Å². The molecule has 1 aliphatic rings. The third-order valence-corrected chi connectivity index (χ3v) is 3.52. The van der Waals surface area contributed by atoms with Crippen LogP contribution in [0.15, 0.2) is 12.3 Å². The summed E-state index contributed by atoms with van der Waals surface area (Å²) in [7, 11) is 0. The number of nitrogens with one attached hydrogen (secondary N) is 2. The first-order chi connectivity index (χ1) is 8.88. The second kappa shape index (κ2) is 7.19. The molecular formula is C14H24N4. The molecule has 2 rings (SSSR count). The fourth-order valence-corrected chi connectivity index (χ4v) is 2.48. The van der Waals surface area contributed by atoms with E-state index < -0.39 is 0 Å². The summed E-state index contributed by atoms with van der Waals surface area (Å²) in [5, 5.41) is 6.60. The average Bonchev–Trinajstić information content (AvgIpc) is 2.90. The maximum Gasteiger partial charge on any atom is 0.224 e.